The molecule has 1 saturated heterocycles. The molecule has 1 fully saturated rings. The van der Waals surface area contributed by atoms with E-state index in [1.54, 1.807) is 11.9 Å². The number of nitroso groups, excluding NO2 is 2. The Morgan fingerprint density at radius 2 is 1.89 bits per heavy atom. The highest BCUT2D eigenvalue weighted by molar-refractivity contribution is 4.58. The van der Waals surface area contributed by atoms with Crippen molar-refractivity contribution in [2.45, 2.75) is 45.6 Å². The average Bonchev–Trinajstić information content (AvgIpc) is 2.39. The molecule has 1 unspecified atom stereocenters. The van der Waals surface area contributed by atoms with Crippen LogP contribution in [-0.2, 0) is 0 Å². The van der Waals surface area contributed by atoms with Gasteiger partial charge in [-0.15, -0.1) is 9.81 Å². The molecule has 106 valence electrons. The zero-order chi connectivity index (χ0) is 13.8. The summed E-state index contributed by atoms with van der Waals surface area (Å²) in [5, 5.41) is 17.3. The van der Waals surface area contributed by atoms with Gasteiger partial charge in [-0.2, -0.15) is 0 Å². The van der Waals surface area contributed by atoms with Gasteiger partial charge in [0.1, 0.15) is 0 Å². The summed E-state index contributed by atoms with van der Waals surface area (Å²) in [4.78, 5) is 19.8. The van der Waals surface area contributed by atoms with Crippen molar-refractivity contribution in [3.8, 4) is 0 Å². The molecule has 0 radical (unpaired) electrons. The lowest BCUT2D eigenvalue weighted by Crippen LogP contribution is -2.26. The Labute approximate surface area is 108 Å². The maximum atomic E-state index is 10.00. The number of aliphatic hydroxyl groups excluding tert-OH is 1. The van der Waals surface area contributed by atoms with Crippen molar-refractivity contribution >= 4 is 0 Å². The molecular weight excluding hydrogens is 236 g/mol. The average molecular weight is 260 g/mol. The second-order valence-electron chi connectivity index (χ2n) is 4.44. The van der Waals surface area contributed by atoms with Crippen LogP contribution in [0.1, 0.15) is 39.5 Å². The predicted octanol–water partition coefficient (Wildman–Crippen LogP) is 1.91. The molecule has 1 aliphatic heterocycles. The summed E-state index contributed by atoms with van der Waals surface area (Å²) in [5.41, 5.74) is 0. The Bertz CT molecular complexity index is 220. The van der Waals surface area contributed by atoms with E-state index in [-0.39, 0.29) is 0 Å². The first-order valence-corrected chi connectivity index (χ1v) is 6.48. The van der Waals surface area contributed by atoms with Gasteiger partial charge in [-0.1, -0.05) is 6.92 Å². The van der Waals surface area contributed by atoms with Crippen LogP contribution in [0.2, 0.25) is 0 Å². The molecule has 0 saturated carbocycles. The van der Waals surface area contributed by atoms with Crippen molar-refractivity contribution in [1.82, 2.24) is 10.0 Å². The van der Waals surface area contributed by atoms with E-state index in [9.17, 15) is 9.81 Å². The maximum absolute atomic E-state index is 10.00. The van der Waals surface area contributed by atoms with Crippen LogP contribution in [-0.4, -0.2) is 47.4 Å². The molecule has 7 heteroatoms. The molecule has 0 spiro atoms. The molecule has 1 rings (SSSR count). The van der Waals surface area contributed by atoms with Gasteiger partial charge in [0.25, 0.3) is 0 Å². The molecule has 0 aliphatic carbocycles. The highest BCUT2D eigenvalue weighted by atomic mass is 16.3. The van der Waals surface area contributed by atoms with E-state index < -0.39 is 6.10 Å². The van der Waals surface area contributed by atoms with E-state index in [2.05, 4.69) is 10.6 Å². The van der Waals surface area contributed by atoms with Gasteiger partial charge >= 0.3 is 0 Å². The Morgan fingerprint density at radius 1 is 1.28 bits per heavy atom. The number of rotatable bonds is 6. The normalized spacial score (nSPS) is 16.3. The predicted molar refractivity (Wildman–Crippen MR) is 70.6 cm³/mol. The van der Waals surface area contributed by atoms with E-state index in [1.165, 1.54) is 11.4 Å². The van der Waals surface area contributed by atoms with E-state index in [0.717, 1.165) is 32.4 Å². The van der Waals surface area contributed by atoms with Crippen LogP contribution in [0, 0.1) is 9.81 Å². The van der Waals surface area contributed by atoms with E-state index in [1.807, 2.05) is 6.92 Å². The molecule has 0 aromatic rings. The molecule has 18 heavy (non-hydrogen) atoms. The van der Waals surface area contributed by atoms with Gasteiger partial charge in [0.05, 0.1) is 23.2 Å². The smallest absolute Gasteiger partial charge is 0.0704 e. The molecular formula is C11H24N4O3. The van der Waals surface area contributed by atoms with Crippen LogP contribution in [0.3, 0.4) is 0 Å². The largest absolute Gasteiger partial charge is 0.392 e. The highest BCUT2D eigenvalue weighted by Crippen LogP contribution is 2.07. The monoisotopic (exact) mass is 260 g/mol. The lowest BCUT2D eigenvalue weighted by molar-refractivity contribution is 0.128. The van der Waals surface area contributed by atoms with Gasteiger partial charge < -0.3 is 5.11 Å². The van der Waals surface area contributed by atoms with Crippen molar-refractivity contribution in [1.29, 1.82) is 0 Å². The maximum Gasteiger partial charge on any atom is 0.0704 e. The third-order valence-corrected chi connectivity index (χ3v) is 2.52. The molecule has 0 aromatic carbocycles. The van der Waals surface area contributed by atoms with Crippen molar-refractivity contribution in [2.75, 3.05) is 26.2 Å². The van der Waals surface area contributed by atoms with Crippen LogP contribution >= 0.6 is 0 Å². The fourth-order valence-corrected chi connectivity index (χ4v) is 1.69. The topological polar surface area (TPSA) is 85.6 Å². The van der Waals surface area contributed by atoms with Crippen molar-refractivity contribution in [3.05, 3.63) is 9.81 Å². The molecule has 0 bridgehead atoms. The first kappa shape index (κ1) is 16.8. The number of hydrogen-bond donors (Lipinski definition) is 1. The minimum absolute atomic E-state index is 0.331. The van der Waals surface area contributed by atoms with E-state index >= 15 is 0 Å². The molecule has 7 nitrogen and oxygen atoms in total. The van der Waals surface area contributed by atoms with Gasteiger partial charge in [0.2, 0.25) is 0 Å². The van der Waals surface area contributed by atoms with Gasteiger partial charge in [0.15, 0.2) is 0 Å². The van der Waals surface area contributed by atoms with Gasteiger partial charge in [-0.25, -0.2) is 0 Å². The van der Waals surface area contributed by atoms with Gasteiger partial charge in [-0.3, -0.25) is 10.0 Å². The molecule has 0 aromatic heterocycles. The summed E-state index contributed by atoms with van der Waals surface area (Å²) in [5.74, 6) is 0. The summed E-state index contributed by atoms with van der Waals surface area (Å²) >= 11 is 0. The fraction of sp³-hybridized carbons (Fsp3) is 1.00. The third kappa shape index (κ3) is 8.86. The second kappa shape index (κ2) is 10.9. The fourth-order valence-electron chi connectivity index (χ4n) is 1.69. The summed E-state index contributed by atoms with van der Waals surface area (Å²) in [6.07, 6.45) is 3.91. The zero-order valence-electron chi connectivity index (χ0n) is 11.3. The summed E-state index contributed by atoms with van der Waals surface area (Å²) < 4.78 is 0. The quantitative estimate of drug-likeness (QED) is 0.582. The number of piperidine rings is 1. The molecule has 1 heterocycles. The standard InChI is InChI=1S/C6H14N2O2.C5H10N2O/c1-3-4-8(7-10)5-6(2)9;8-6-7-4-2-1-3-5-7/h6,9H,3-5H2,1-2H3;1-5H2. The highest BCUT2D eigenvalue weighted by Gasteiger charge is 2.06. The Balaban J connectivity index is 0.000000327. The molecule has 1 atom stereocenters. The van der Waals surface area contributed by atoms with Gasteiger partial charge in [0, 0.05) is 19.6 Å². The van der Waals surface area contributed by atoms with Crippen LogP contribution in [0.25, 0.3) is 0 Å². The third-order valence-electron chi connectivity index (χ3n) is 2.52. The molecule has 1 aliphatic rings. The molecule has 1 N–H and O–H groups in total. The summed E-state index contributed by atoms with van der Waals surface area (Å²) in [7, 11) is 0. The van der Waals surface area contributed by atoms with Crippen LogP contribution in [0.4, 0.5) is 0 Å². The first-order valence-electron chi connectivity index (χ1n) is 6.48. The lowest BCUT2D eigenvalue weighted by Gasteiger charge is -2.19. The first-order chi connectivity index (χ1) is 8.63. The Morgan fingerprint density at radius 3 is 2.22 bits per heavy atom. The number of hydrogen-bond acceptors (Lipinski definition) is 5. The minimum atomic E-state index is -0.482. The molecule has 0 amide bonds. The Kier molecular flexibility index (Phi) is 10.1. The zero-order valence-corrected chi connectivity index (χ0v) is 11.3. The number of aliphatic hydroxyl groups is 1. The van der Waals surface area contributed by atoms with Crippen molar-refractivity contribution < 1.29 is 5.11 Å². The SMILES string of the molecule is CCCN(CC(C)O)N=O.O=NN1CCCCC1. The Hall–Kier alpha value is -1.24. The van der Waals surface area contributed by atoms with E-state index in [0.29, 0.717) is 13.1 Å². The summed E-state index contributed by atoms with van der Waals surface area (Å²) in [6, 6.07) is 0. The van der Waals surface area contributed by atoms with E-state index in [4.69, 9.17) is 5.11 Å². The number of nitrogens with zero attached hydrogens (tertiary/aromatic N) is 4. The minimum Gasteiger partial charge on any atom is -0.392 e. The van der Waals surface area contributed by atoms with Crippen LogP contribution < -0.4 is 0 Å². The van der Waals surface area contributed by atoms with Crippen molar-refractivity contribution in [3.63, 3.8) is 0 Å². The lowest BCUT2D eigenvalue weighted by atomic mass is 10.2. The summed E-state index contributed by atoms with van der Waals surface area (Å²) in [6.45, 7) is 6.27. The van der Waals surface area contributed by atoms with Crippen LogP contribution in [0.15, 0.2) is 10.6 Å². The van der Waals surface area contributed by atoms with Crippen molar-refractivity contribution in [2.24, 2.45) is 10.6 Å². The second-order valence-corrected chi connectivity index (χ2v) is 4.44. The van der Waals surface area contributed by atoms with Crippen LogP contribution in [0.5, 0.6) is 0 Å². The van der Waals surface area contributed by atoms with Gasteiger partial charge in [-0.05, 0) is 32.6 Å².